The van der Waals surface area contributed by atoms with Crippen LogP contribution in [0, 0.1) is 12.7 Å². The lowest BCUT2D eigenvalue weighted by atomic mass is 9.87. The predicted molar refractivity (Wildman–Crippen MR) is 132 cm³/mol. The first-order chi connectivity index (χ1) is 17.6. The van der Waals surface area contributed by atoms with Gasteiger partial charge in [-0.25, -0.2) is 24.3 Å². The highest BCUT2D eigenvalue weighted by atomic mass is 19.3. The van der Waals surface area contributed by atoms with Crippen LogP contribution in [0.15, 0.2) is 36.8 Å². The highest BCUT2D eigenvalue weighted by molar-refractivity contribution is 5.83. The van der Waals surface area contributed by atoms with E-state index in [-0.39, 0.29) is 11.5 Å². The Morgan fingerprint density at radius 2 is 1.97 bits per heavy atom. The summed E-state index contributed by atoms with van der Waals surface area (Å²) in [5, 5.41) is 3.50. The number of pyridine rings is 2. The van der Waals surface area contributed by atoms with Crippen molar-refractivity contribution in [1.29, 1.82) is 0 Å². The van der Waals surface area contributed by atoms with E-state index < -0.39 is 29.8 Å². The Bertz CT molecular complexity index is 1280. The van der Waals surface area contributed by atoms with Crippen molar-refractivity contribution >= 4 is 11.7 Å². The van der Waals surface area contributed by atoms with Gasteiger partial charge in [0.1, 0.15) is 11.6 Å². The van der Waals surface area contributed by atoms with Gasteiger partial charge in [0.25, 0.3) is 0 Å². The number of halogens is 3. The molecule has 1 aliphatic heterocycles. The van der Waals surface area contributed by atoms with Crippen LogP contribution < -0.4 is 10.1 Å². The van der Waals surface area contributed by atoms with E-state index in [4.69, 9.17) is 4.98 Å². The number of nitrogens with zero attached hydrogens (tertiary/aromatic N) is 5. The van der Waals surface area contributed by atoms with Crippen LogP contribution in [0.4, 0.5) is 19.0 Å². The number of alkyl halides is 2. The summed E-state index contributed by atoms with van der Waals surface area (Å²) >= 11 is 0. The number of hydrogen-bond acceptors (Lipinski definition) is 7. The second-order valence-electron chi connectivity index (χ2n) is 9.38. The van der Waals surface area contributed by atoms with Crippen molar-refractivity contribution in [3.05, 3.63) is 59.4 Å². The molecule has 196 valence electrons. The predicted octanol–water partition coefficient (Wildman–Crippen LogP) is 4.75. The largest absolute Gasteiger partial charge is 0.417 e. The molecule has 1 aliphatic rings. The third-order valence-corrected chi connectivity index (χ3v) is 6.60. The summed E-state index contributed by atoms with van der Waals surface area (Å²) in [6.45, 7) is 4.94. The number of likely N-dealkylation sites (N-methyl/N-ethyl adjacent to an activating group) is 1. The van der Waals surface area contributed by atoms with Gasteiger partial charge in [-0.15, -0.1) is 0 Å². The van der Waals surface area contributed by atoms with Crippen LogP contribution in [0.2, 0.25) is 0 Å². The van der Waals surface area contributed by atoms with E-state index in [2.05, 4.69) is 31.1 Å². The third kappa shape index (κ3) is 5.81. The molecule has 0 saturated carbocycles. The number of hydrogen-bond donors (Lipinski definition) is 1. The summed E-state index contributed by atoms with van der Waals surface area (Å²) in [7, 11) is 0. The number of carbonyl (C=O) groups excluding carboxylic acids is 1. The molecule has 8 nitrogen and oxygen atoms in total. The average molecular weight is 515 g/mol. The zero-order valence-corrected chi connectivity index (χ0v) is 21.1. The normalized spacial score (nSPS) is 17.6. The summed E-state index contributed by atoms with van der Waals surface area (Å²) in [6.07, 6.45) is 5.64. The van der Waals surface area contributed by atoms with Crippen molar-refractivity contribution in [1.82, 2.24) is 24.8 Å². The van der Waals surface area contributed by atoms with Gasteiger partial charge in [0, 0.05) is 42.7 Å². The average Bonchev–Trinajstić information content (AvgIpc) is 2.87. The van der Waals surface area contributed by atoms with Gasteiger partial charge in [-0.3, -0.25) is 4.79 Å². The fourth-order valence-corrected chi connectivity index (χ4v) is 4.58. The van der Waals surface area contributed by atoms with Crippen LogP contribution in [-0.4, -0.2) is 56.0 Å². The smallest absolute Gasteiger partial charge is 0.388 e. The molecule has 0 saturated heterocycles. The first-order valence-electron chi connectivity index (χ1n) is 12.1. The van der Waals surface area contributed by atoms with Crippen molar-refractivity contribution in [2.75, 3.05) is 18.4 Å². The van der Waals surface area contributed by atoms with Gasteiger partial charge >= 0.3 is 6.61 Å². The van der Waals surface area contributed by atoms with Crippen molar-refractivity contribution < 1.29 is 22.7 Å². The van der Waals surface area contributed by atoms with Crippen LogP contribution >= 0.6 is 0 Å². The van der Waals surface area contributed by atoms with Crippen LogP contribution in [0.1, 0.15) is 49.9 Å². The van der Waals surface area contributed by atoms with Crippen LogP contribution in [0.5, 0.6) is 5.88 Å². The topological polar surface area (TPSA) is 93.1 Å². The molecule has 0 aromatic carbocycles. The maximum atomic E-state index is 14.5. The van der Waals surface area contributed by atoms with Crippen LogP contribution in [0.25, 0.3) is 11.4 Å². The van der Waals surface area contributed by atoms with Gasteiger partial charge in [0.15, 0.2) is 5.82 Å². The molecular weight excluding hydrogens is 485 g/mol. The van der Waals surface area contributed by atoms with E-state index in [1.165, 1.54) is 0 Å². The van der Waals surface area contributed by atoms with Crippen molar-refractivity contribution in [2.45, 2.75) is 58.6 Å². The molecule has 37 heavy (non-hydrogen) atoms. The number of rotatable bonds is 8. The molecule has 0 aliphatic carbocycles. The summed E-state index contributed by atoms with van der Waals surface area (Å²) in [6, 6.07) is 4.86. The summed E-state index contributed by atoms with van der Waals surface area (Å²) in [5.41, 5.74) is 2.17. The molecule has 0 fully saturated rings. The van der Waals surface area contributed by atoms with E-state index >= 15 is 0 Å². The number of ether oxygens (including phenoxy) is 1. The van der Waals surface area contributed by atoms with Crippen LogP contribution in [0.3, 0.4) is 0 Å². The van der Waals surface area contributed by atoms with E-state index in [0.717, 1.165) is 47.7 Å². The Kier molecular flexibility index (Phi) is 7.60. The van der Waals surface area contributed by atoms with E-state index in [1.54, 1.807) is 30.3 Å². The SMILES string of the molecule is CCN(C[C@@]1(C)CCc2cc(-c3ncccn3)c(C)nc2N1)C(=O)[C@@H](C)c1cc(OC(F)F)ncc1F. The standard InChI is InChI=1S/C26H29F3N6O2/c1-5-35(24(36)15(2)18-12-21(37-25(28)29)32-13-20(18)27)14-26(4)8-7-17-11-19(16(3)33-22(17)34-26)23-30-9-6-10-31-23/h6,9-13,15,25H,5,7-8,14H2,1-4H3,(H,33,34)/t15-,26+/m0/s1. The van der Waals surface area contributed by atoms with Gasteiger partial charge in [0.05, 0.1) is 23.3 Å². The molecule has 4 heterocycles. The Morgan fingerprint density at radius 1 is 1.24 bits per heavy atom. The second-order valence-corrected chi connectivity index (χ2v) is 9.38. The number of aryl methyl sites for hydroxylation is 2. The molecule has 0 unspecified atom stereocenters. The zero-order chi connectivity index (χ0) is 26.7. The highest BCUT2D eigenvalue weighted by Gasteiger charge is 2.35. The first kappa shape index (κ1) is 26.3. The minimum absolute atomic E-state index is 0.0471. The lowest BCUT2D eigenvalue weighted by Gasteiger charge is -2.40. The minimum atomic E-state index is -3.10. The monoisotopic (exact) mass is 514 g/mol. The molecule has 0 bridgehead atoms. The van der Waals surface area contributed by atoms with Crippen molar-refractivity contribution in [3.8, 4) is 17.3 Å². The molecule has 0 spiro atoms. The fraction of sp³-hybridized carbons (Fsp3) is 0.423. The minimum Gasteiger partial charge on any atom is -0.417 e. The molecule has 3 aromatic rings. The number of aromatic nitrogens is 4. The summed E-state index contributed by atoms with van der Waals surface area (Å²) < 4.78 is 43.9. The molecule has 0 radical (unpaired) electrons. The maximum absolute atomic E-state index is 14.5. The Labute approximate surface area is 213 Å². The summed E-state index contributed by atoms with van der Waals surface area (Å²) in [4.78, 5) is 32.0. The Hall–Kier alpha value is -3.76. The third-order valence-electron chi connectivity index (χ3n) is 6.60. The van der Waals surface area contributed by atoms with Crippen molar-refractivity contribution in [2.24, 2.45) is 0 Å². The summed E-state index contributed by atoms with van der Waals surface area (Å²) in [5.74, 6) is -1.08. The first-order valence-corrected chi connectivity index (χ1v) is 12.1. The molecular formula is C26H29F3N6O2. The number of nitrogens with one attached hydrogen (secondary N) is 1. The van der Waals surface area contributed by atoms with Gasteiger partial charge in [0.2, 0.25) is 11.8 Å². The number of amides is 1. The lowest BCUT2D eigenvalue weighted by molar-refractivity contribution is -0.133. The van der Waals surface area contributed by atoms with Gasteiger partial charge in [-0.1, -0.05) is 0 Å². The van der Waals surface area contributed by atoms with Gasteiger partial charge in [-0.05, 0) is 58.2 Å². The van der Waals surface area contributed by atoms with E-state index in [1.807, 2.05) is 20.8 Å². The highest BCUT2D eigenvalue weighted by Crippen LogP contribution is 2.34. The Balaban J connectivity index is 1.52. The van der Waals surface area contributed by atoms with Crippen molar-refractivity contribution in [3.63, 3.8) is 0 Å². The maximum Gasteiger partial charge on any atom is 0.388 e. The van der Waals surface area contributed by atoms with Crippen LogP contribution in [-0.2, 0) is 11.2 Å². The molecule has 4 rings (SSSR count). The van der Waals surface area contributed by atoms with E-state index in [0.29, 0.717) is 18.9 Å². The molecule has 11 heteroatoms. The molecule has 3 aromatic heterocycles. The quantitative estimate of drug-likeness (QED) is 0.464. The Morgan fingerprint density at radius 3 is 2.65 bits per heavy atom. The molecule has 2 atom stereocenters. The molecule has 1 N–H and O–H groups in total. The van der Waals surface area contributed by atoms with E-state index in [9.17, 15) is 18.0 Å². The van der Waals surface area contributed by atoms with Gasteiger partial charge < -0.3 is 15.0 Å². The second kappa shape index (κ2) is 10.7. The number of fused-ring (bicyclic) bond motifs is 1. The lowest BCUT2D eigenvalue weighted by Crippen LogP contribution is -2.51. The number of carbonyl (C=O) groups is 1. The zero-order valence-electron chi connectivity index (χ0n) is 21.1. The fourth-order valence-electron chi connectivity index (χ4n) is 4.58. The molecule has 1 amide bonds. The van der Waals surface area contributed by atoms with Gasteiger partial charge in [-0.2, -0.15) is 8.78 Å². The number of anilines is 1.